The van der Waals surface area contributed by atoms with Crippen molar-refractivity contribution < 1.29 is 24.3 Å². The second-order valence-corrected chi connectivity index (χ2v) is 7.90. The van der Waals surface area contributed by atoms with E-state index < -0.39 is 48.4 Å². The third kappa shape index (κ3) is 13.7. The summed E-state index contributed by atoms with van der Waals surface area (Å²) in [6.45, 7) is 3.51. The molecule has 0 fully saturated rings. The molecule has 0 aromatic heterocycles. The number of nitrogens with zero attached hydrogens (tertiary/aromatic N) is 2. The SMILES string of the molecule is CC(C)C(N)C(=O)NCC(=O)NC(CCCN=C(N)N)C(=O)NC(CCCN=C(N)N)C(=O)O. The van der Waals surface area contributed by atoms with Gasteiger partial charge < -0.3 is 49.7 Å². The lowest BCUT2D eigenvalue weighted by molar-refractivity contribution is -0.142. The van der Waals surface area contributed by atoms with E-state index in [0.29, 0.717) is 12.8 Å². The summed E-state index contributed by atoms with van der Waals surface area (Å²) in [7, 11) is 0. The molecule has 34 heavy (non-hydrogen) atoms. The summed E-state index contributed by atoms with van der Waals surface area (Å²) in [6, 6.07) is -3.10. The highest BCUT2D eigenvalue weighted by Crippen LogP contribution is 2.04. The number of aliphatic imine (C=N–C) groups is 2. The number of nitrogens with two attached hydrogens (primary N) is 5. The molecule has 0 rings (SSSR count). The molecule has 15 nitrogen and oxygen atoms in total. The third-order valence-corrected chi connectivity index (χ3v) is 4.60. The van der Waals surface area contributed by atoms with Gasteiger partial charge in [0.1, 0.15) is 12.1 Å². The van der Waals surface area contributed by atoms with Crippen LogP contribution in [0.15, 0.2) is 9.98 Å². The number of amides is 3. The Kier molecular flexibility index (Phi) is 14.4. The molecule has 0 saturated heterocycles. The van der Waals surface area contributed by atoms with Crippen LogP contribution in [0.2, 0.25) is 0 Å². The van der Waals surface area contributed by atoms with Crippen molar-refractivity contribution in [1.82, 2.24) is 16.0 Å². The van der Waals surface area contributed by atoms with Crippen molar-refractivity contribution in [1.29, 1.82) is 0 Å². The van der Waals surface area contributed by atoms with E-state index in [1.165, 1.54) is 0 Å². The molecule has 0 heterocycles. The third-order valence-electron chi connectivity index (χ3n) is 4.60. The Hall–Kier alpha value is -3.62. The number of carboxylic acid groups (broad SMARTS) is 1. The molecule has 3 amide bonds. The van der Waals surface area contributed by atoms with E-state index in [1.807, 2.05) is 0 Å². The van der Waals surface area contributed by atoms with E-state index in [2.05, 4.69) is 25.9 Å². The minimum Gasteiger partial charge on any atom is -0.480 e. The first-order chi connectivity index (χ1) is 15.8. The van der Waals surface area contributed by atoms with Gasteiger partial charge in [-0.2, -0.15) is 0 Å². The Morgan fingerprint density at radius 2 is 1.32 bits per heavy atom. The molecule has 0 bridgehead atoms. The number of hydrogen-bond donors (Lipinski definition) is 9. The van der Waals surface area contributed by atoms with Crippen LogP contribution in [0, 0.1) is 5.92 Å². The van der Waals surface area contributed by atoms with Crippen LogP contribution in [-0.4, -0.2) is 78.5 Å². The maximum Gasteiger partial charge on any atom is 0.326 e. The highest BCUT2D eigenvalue weighted by Gasteiger charge is 2.26. The fraction of sp³-hybridized carbons (Fsp3) is 0.684. The molecule has 3 atom stereocenters. The summed E-state index contributed by atoms with van der Waals surface area (Å²) in [6.07, 6.45) is 0.811. The quantitative estimate of drug-likeness (QED) is 0.0583. The minimum atomic E-state index is -1.25. The van der Waals surface area contributed by atoms with Gasteiger partial charge in [-0.1, -0.05) is 13.8 Å². The zero-order valence-electron chi connectivity index (χ0n) is 19.6. The highest BCUT2D eigenvalue weighted by atomic mass is 16.4. The van der Waals surface area contributed by atoms with Crippen LogP contribution in [0.4, 0.5) is 0 Å². The van der Waals surface area contributed by atoms with Crippen LogP contribution < -0.4 is 44.6 Å². The van der Waals surface area contributed by atoms with Crippen molar-refractivity contribution in [2.45, 2.75) is 57.7 Å². The summed E-state index contributed by atoms with van der Waals surface area (Å²) in [5, 5.41) is 16.7. The second-order valence-electron chi connectivity index (χ2n) is 7.90. The number of carboxylic acids is 1. The molecule has 194 valence electrons. The zero-order valence-corrected chi connectivity index (χ0v) is 19.6. The Morgan fingerprint density at radius 3 is 1.76 bits per heavy atom. The van der Waals surface area contributed by atoms with Crippen molar-refractivity contribution in [3.8, 4) is 0 Å². The van der Waals surface area contributed by atoms with Crippen LogP contribution in [0.3, 0.4) is 0 Å². The number of nitrogens with one attached hydrogen (secondary N) is 3. The summed E-state index contributed by atoms with van der Waals surface area (Å²) in [4.78, 5) is 56.1. The monoisotopic (exact) mass is 486 g/mol. The van der Waals surface area contributed by atoms with Crippen molar-refractivity contribution in [2.24, 2.45) is 44.6 Å². The molecular formula is C19H38N10O5. The molecule has 14 N–H and O–H groups in total. The summed E-state index contributed by atoms with van der Waals surface area (Å²) in [5.41, 5.74) is 26.7. The molecule has 0 saturated carbocycles. The summed E-state index contributed by atoms with van der Waals surface area (Å²) >= 11 is 0. The van der Waals surface area contributed by atoms with Crippen LogP contribution >= 0.6 is 0 Å². The van der Waals surface area contributed by atoms with E-state index in [0.717, 1.165) is 0 Å². The van der Waals surface area contributed by atoms with Gasteiger partial charge in [-0.15, -0.1) is 0 Å². The van der Waals surface area contributed by atoms with Crippen LogP contribution in [0.25, 0.3) is 0 Å². The number of carbonyl (C=O) groups is 4. The van der Waals surface area contributed by atoms with Crippen molar-refractivity contribution in [3.05, 3.63) is 0 Å². The van der Waals surface area contributed by atoms with Gasteiger partial charge in [-0.25, -0.2) is 4.79 Å². The van der Waals surface area contributed by atoms with Gasteiger partial charge in [-0.05, 0) is 31.6 Å². The molecule has 3 unspecified atom stereocenters. The smallest absolute Gasteiger partial charge is 0.326 e. The molecule has 0 radical (unpaired) electrons. The number of carbonyl (C=O) groups excluding carboxylic acids is 3. The molecule has 0 spiro atoms. The molecule has 0 aliphatic rings. The summed E-state index contributed by atoms with van der Waals surface area (Å²) in [5.74, 6) is -3.49. The standard InChI is InChI=1S/C19H38N10O5/c1-10(2)14(20)16(32)27-9-13(30)28-11(5-3-7-25-18(21)22)15(31)29-12(17(33)34)6-4-8-26-19(23)24/h10-12,14H,3-9,20H2,1-2H3,(H,27,32)(H,28,30)(H,29,31)(H,33,34)(H4,21,22,25)(H4,23,24,26). The molecule has 0 aliphatic carbocycles. The minimum absolute atomic E-state index is 0.0651. The molecular weight excluding hydrogens is 448 g/mol. The van der Waals surface area contributed by atoms with Crippen LogP contribution in [-0.2, 0) is 19.2 Å². The number of rotatable bonds is 16. The molecule has 0 aromatic carbocycles. The number of guanidine groups is 2. The van der Waals surface area contributed by atoms with Crippen molar-refractivity contribution in [3.63, 3.8) is 0 Å². The lowest BCUT2D eigenvalue weighted by atomic mass is 10.1. The largest absolute Gasteiger partial charge is 0.480 e. The second kappa shape index (κ2) is 16.1. The normalized spacial score (nSPS) is 13.2. The predicted molar refractivity (Wildman–Crippen MR) is 127 cm³/mol. The number of aliphatic carboxylic acids is 1. The van der Waals surface area contributed by atoms with Crippen molar-refractivity contribution in [2.75, 3.05) is 19.6 Å². The summed E-state index contributed by atoms with van der Waals surface area (Å²) < 4.78 is 0. The molecule has 0 aliphatic heterocycles. The van der Waals surface area contributed by atoms with Crippen molar-refractivity contribution >= 4 is 35.6 Å². The van der Waals surface area contributed by atoms with Gasteiger partial charge in [0.2, 0.25) is 17.7 Å². The average Bonchev–Trinajstić information content (AvgIpc) is 2.74. The van der Waals surface area contributed by atoms with E-state index in [4.69, 9.17) is 28.7 Å². The van der Waals surface area contributed by atoms with E-state index in [9.17, 15) is 24.3 Å². The highest BCUT2D eigenvalue weighted by molar-refractivity contribution is 5.92. The Labute approximate surface area is 198 Å². The van der Waals surface area contributed by atoms with Gasteiger partial charge >= 0.3 is 5.97 Å². The maximum atomic E-state index is 12.7. The Morgan fingerprint density at radius 1 is 0.824 bits per heavy atom. The molecule has 0 aromatic rings. The lowest BCUT2D eigenvalue weighted by Gasteiger charge is -2.22. The molecule has 15 heteroatoms. The number of hydrogen-bond acceptors (Lipinski definition) is 7. The fourth-order valence-corrected chi connectivity index (χ4v) is 2.64. The Bertz CT molecular complexity index is 748. The zero-order chi connectivity index (χ0) is 26.3. The van der Waals surface area contributed by atoms with Gasteiger partial charge in [0, 0.05) is 13.1 Å². The van der Waals surface area contributed by atoms with E-state index in [-0.39, 0.29) is 43.8 Å². The van der Waals surface area contributed by atoms with E-state index in [1.54, 1.807) is 13.8 Å². The first-order valence-corrected chi connectivity index (χ1v) is 10.8. The average molecular weight is 487 g/mol. The van der Waals surface area contributed by atoms with Gasteiger partial charge in [0.05, 0.1) is 12.6 Å². The predicted octanol–water partition coefficient (Wildman–Crippen LogP) is -3.75. The lowest BCUT2D eigenvalue weighted by Crippen LogP contribution is -2.54. The first kappa shape index (κ1) is 30.4. The van der Waals surface area contributed by atoms with E-state index >= 15 is 0 Å². The Balaban J connectivity index is 5.11. The van der Waals surface area contributed by atoms with Gasteiger partial charge in [0.15, 0.2) is 11.9 Å². The van der Waals surface area contributed by atoms with Crippen LogP contribution in [0.1, 0.15) is 39.5 Å². The topological polar surface area (TPSA) is 279 Å². The van der Waals surface area contributed by atoms with Crippen LogP contribution in [0.5, 0.6) is 0 Å². The first-order valence-electron chi connectivity index (χ1n) is 10.8. The maximum absolute atomic E-state index is 12.7. The van der Waals surface area contributed by atoms with Gasteiger partial charge in [0.25, 0.3) is 0 Å². The van der Waals surface area contributed by atoms with Gasteiger partial charge in [-0.3, -0.25) is 24.4 Å². The fourth-order valence-electron chi connectivity index (χ4n) is 2.64.